The first kappa shape index (κ1) is 18.5. The minimum absolute atomic E-state index is 0.00860. The van der Waals surface area contributed by atoms with E-state index in [0.29, 0.717) is 30.0 Å². The van der Waals surface area contributed by atoms with Crippen LogP contribution in [-0.2, 0) is 0 Å². The van der Waals surface area contributed by atoms with Crippen molar-refractivity contribution >= 4 is 40.1 Å². The van der Waals surface area contributed by atoms with E-state index in [1.54, 1.807) is 17.8 Å². The number of hydrogen-bond acceptors (Lipinski definition) is 7. The molecule has 0 saturated heterocycles. The number of fused-ring (bicyclic) bond motifs is 1. The van der Waals surface area contributed by atoms with Crippen LogP contribution in [0.15, 0.2) is 41.6 Å². The maximum absolute atomic E-state index is 11.3. The van der Waals surface area contributed by atoms with Gasteiger partial charge in [-0.1, -0.05) is 36.7 Å². The summed E-state index contributed by atoms with van der Waals surface area (Å²) in [5.74, 6) is 1.70. The van der Waals surface area contributed by atoms with Crippen LogP contribution in [0.3, 0.4) is 0 Å². The second-order valence-corrected chi connectivity index (χ2v) is 7.87. The highest BCUT2D eigenvalue weighted by molar-refractivity contribution is 7.99. The third-order valence-corrected chi connectivity index (χ3v) is 5.65. The molecule has 0 spiro atoms. The van der Waals surface area contributed by atoms with E-state index in [2.05, 4.69) is 25.6 Å². The van der Waals surface area contributed by atoms with E-state index in [1.807, 2.05) is 24.3 Å². The third kappa shape index (κ3) is 4.36. The second-order valence-electron chi connectivity index (χ2n) is 6.78. The molecule has 2 aromatic heterocycles. The van der Waals surface area contributed by atoms with Gasteiger partial charge in [-0.2, -0.15) is 0 Å². The number of imidazole rings is 1. The summed E-state index contributed by atoms with van der Waals surface area (Å²) in [7, 11) is 0. The summed E-state index contributed by atoms with van der Waals surface area (Å²) < 4.78 is 0. The number of para-hydroxylation sites is 2. The zero-order chi connectivity index (χ0) is 19.3. The molecule has 1 fully saturated rings. The maximum Gasteiger partial charge on any atom is 0.311 e. The molecule has 0 bridgehead atoms. The Morgan fingerprint density at radius 1 is 1.18 bits per heavy atom. The van der Waals surface area contributed by atoms with Crippen LogP contribution in [0.1, 0.15) is 25.7 Å². The fourth-order valence-corrected chi connectivity index (χ4v) is 4.15. The molecule has 28 heavy (non-hydrogen) atoms. The lowest BCUT2D eigenvalue weighted by Gasteiger charge is -2.14. The molecule has 1 saturated carbocycles. The van der Waals surface area contributed by atoms with Gasteiger partial charge in [0.05, 0.1) is 16.0 Å². The van der Waals surface area contributed by atoms with Gasteiger partial charge < -0.3 is 15.6 Å². The molecular formula is C19H22N6O2S. The maximum atomic E-state index is 11.3. The molecular weight excluding hydrogens is 376 g/mol. The van der Waals surface area contributed by atoms with Crippen LogP contribution < -0.4 is 10.6 Å². The van der Waals surface area contributed by atoms with Crippen molar-refractivity contribution in [3.63, 3.8) is 0 Å². The summed E-state index contributed by atoms with van der Waals surface area (Å²) in [4.78, 5) is 23.1. The number of H-pyrrole nitrogens is 1. The lowest BCUT2D eigenvalue weighted by Crippen LogP contribution is -2.16. The summed E-state index contributed by atoms with van der Waals surface area (Å²) in [6.45, 7) is 0.544. The van der Waals surface area contributed by atoms with Gasteiger partial charge >= 0.3 is 5.69 Å². The first-order chi connectivity index (χ1) is 13.7. The van der Waals surface area contributed by atoms with Crippen LogP contribution in [0.25, 0.3) is 11.0 Å². The van der Waals surface area contributed by atoms with Gasteiger partial charge in [0.15, 0.2) is 5.16 Å². The number of benzene rings is 1. The molecule has 3 N–H and O–H groups in total. The van der Waals surface area contributed by atoms with E-state index < -0.39 is 4.92 Å². The molecule has 2 heterocycles. The number of nitro groups is 1. The number of nitrogens with one attached hydrogen (secondary N) is 3. The van der Waals surface area contributed by atoms with E-state index >= 15 is 0 Å². The molecule has 1 aromatic carbocycles. The van der Waals surface area contributed by atoms with Crippen LogP contribution in [0.2, 0.25) is 0 Å². The average Bonchev–Trinajstić information content (AvgIpc) is 3.34. The van der Waals surface area contributed by atoms with E-state index in [0.717, 1.165) is 29.0 Å². The molecule has 0 amide bonds. The standard InChI is InChI=1S/C19H22N6O2S/c26-25(27)16-9-10-17(21-13-5-1-2-6-13)24-18(16)20-11-12-28-19-22-14-7-3-4-8-15(14)23-19/h3-4,7-10,13H,1-2,5-6,11-12H2,(H,22,23)(H2,20,21,24). The second kappa shape index (κ2) is 8.47. The lowest BCUT2D eigenvalue weighted by molar-refractivity contribution is -0.384. The van der Waals surface area contributed by atoms with Gasteiger partial charge in [0, 0.05) is 24.4 Å². The first-order valence-corrected chi connectivity index (χ1v) is 10.4. The molecule has 4 rings (SSSR count). The van der Waals surface area contributed by atoms with Gasteiger partial charge in [-0.15, -0.1) is 0 Å². The molecule has 0 atom stereocenters. The Kier molecular flexibility index (Phi) is 5.61. The Labute approximate surface area is 166 Å². The quantitative estimate of drug-likeness (QED) is 0.223. The summed E-state index contributed by atoms with van der Waals surface area (Å²) >= 11 is 1.57. The number of anilines is 2. The largest absolute Gasteiger partial charge is 0.367 e. The summed E-state index contributed by atoms with van der Waals surface area (Å²) in [6.07, 6.45) is 4.68. The van der Waals surface area contributed by atoms with Crippen LogP contribution in [0, 0.1) is 10.1 Å². The van der Waals surface area contributed by atoms with Gasteiger partial charge in [0.1, 0.15) is 5.82 Å². The number of nitrogens with zero attached hydrogens (tertiary/aromatic N) is 3. The molecule has 0 radical (unpaired) electrons. The Balaban J connectivity index is 1.37. The zero-order valence-corrected chi connectivity index (χ0v) is 16.2. The average molecular weight is 398 g/mol. The number of aromatic amines is 1. The number of thioether (sulfide) groups is 1. The predicted molar refractivity (Wildman–Crippen MR) is 112 cm³/mol. The van der Waals surface area contributed by atoms with Gasteiger partial charge in [-0.05, 0) is 31.0 Å². The van der Waals surface area contributed by atoms with Crippen molar-refractivity contribution < 1.29 is 4.92 Å². The minimum Gasteiger partial charge on any atom is -0.367 e. The number of pyridine rings is 1. The molecule has 3 aromatic rings. The fraction of sp³-hybridized carbons (Fsp3) is 0.368. The van der Waals surface area contributed by atoms with Crippen LogP contribution in [0.4, 0.5) is 17.3 Å². The van der Waals surface area contributed by atoms with Crippen molar-refractivity contribution in [1.29, 1.82) is 0 Å². The van der Waals surface area contributed by atoms with Gasteiger partial charge in [0.25, 0.3) is 0 Å². The Bertz CT molecular complexity index is 937. The Hall–Kier alpha value is -2.81. The Morgan fingerprint density at radius 3 is 2.79 bits per heavy atom. The number of hydrogen-bond donors (Lipinski definition) is 3. The van der Waals surface area contributed by atoms with Gasteiger partial charge in [0.2, 0.25) is 5.82 Å². The minimum atomic E-state index is -0.402. The van der Waals surface area contributed by atoms with E-state index in [1.165, 1.54) is 18.9 Å². The number of aromatic nitrogens is 3. The van der Waals surface area contributed by atoms with Crippen molar-refractivity contribution in [2.24, 2.45) is 0 Å². The first-order valence-electron chi connectivity index (χ1n) is 9.42. The van der Waals surface area contributed by atoms with E-state index in [-0.39, 0.29) is 5.69 Å². The lowest BCUT2D eigenvalue weighted by atomic mass is 10.2. The SMILES string of the molecule is O=[N+]([O-])c1ccc(NC2CCCC2)nc1NCCSc1nc2ccccc2[nH]1. The van der Waals surface area contributed by atoms with Crippen molar-refractivity contribution in [2.75, 3.05) is 22.9 Å². The highest BCUT2D eigenvalue weighted by Gasteiger charge is 2.19. The molecule has 8 nitrogen and oxygen atoms in total. The van der Waals surface area contributed by atoms with Crippen molar-refractivity contribution in [2.45, 2.75) is 36.9 Å². The van der Waals surface area contributed by atoms with Gasteiger partial charge in [-0.25, -0.2) is 9.97 Å². The molecule has 0 unspecified atom stereocenters. The third-order valence-electron chi connectivity index (χ3n) is 4.78. The van der Waals surface area contributed by atoms with Crippen molar-refractivity contribution in [1.82, 2.24) is 15.0 Å². The predicted octanol–water partition coefficient (Wildman–Crippen LogP) is 4.42. The monoisotopic (exact) mass is 398 g/mol. The molecule has 9 heteroatoms. The normalized spacial score (nSPS) is 14.4. The van der Waals surface area contributed by atoms with Crippen LogP contribution >= 0.6 is 11.8 Å². The number of rotatable bonds is 8. The van der Waals surface area contributed by atoms with Crippen LogP contribution in [-0.4, -0.2) is 38.2 Å². The molecule has 1 aliphatic rings. The van der Waals surface area contributed by atoms with Crippen molar-refractivity contribution in [3.05, 3.63) is 46.5 Å². The highest BCUT2D eigenvalue weighted by atomic mass is 32.2. The zero-order valence-electron chi connectivity index (χ0n) is 15.4. The fourth-order valence-electron chi connectivity index (χ4n) is 3.40. The van der Waals surface area contributed by atoms with Crippen molar-refractivity contribution in [3.8, 4) is 0 Å². The van der Waals surface area contributed by atoms with Gasteiger partial charge in [-0.3, -0.25) is 10.1 Å². The van der Waals surface area contributed by atoms with Crippen LogP contribution in [0.5, 0.6) is 0 Å². The Morgan fingerprint density at radius 2 is 2.00 bits per heavy atom. The highest BCUT2D eigenvalue weighted by Crippen LogP contribution is 2.27. The summed E-state index contributed by atoms with van der Waals surface area (Å²) in [6, 6.07) is 11.5. The molecule has 1 aliphatic carbocycles. The molecule has 0 aliphatic heterocycles. The topological polar surface area (TPSA) is 109 Å². The molecule has 146 valence electrons. The van der Waals surface area contributed by atoms with E-state index in [4.69, 9.17) is 0 Å². The summed E-state index contributed by atoms with van der Waals surface area (Å²) in [5.41, 5.74) is 1.92. The summed E-state index contributed by atoms with van der Waals surface area (Å²) in [5, 5.41) is 18.6. The van der Waals surface area contributed by atoms with E-state index in [9.17, 15) is 10.1 Å². The smallest absolute Gasteiger partial charge is 0.311 e.